The minimum atomic E-state index is -3.02. The molecule has 1 amide bonds. The lowest BCUT2D eigenvalue weighted by atomic mass is 10.1. The third kappa shape index (κ3) is 4.09. The van der Waals surface area contributed by atoms with E-state index in [1.54, 1.807) is 13.0 Å². The van der Waals surface area contributed by atoms with E-state index in [-0.39, 0.29) is 28.5 Å². The molecule has 0 aromatic heterocycles. The maximum absolute atomic E-state index is 12.4. The number of amides is 1. The number of aromatic hydroxyl groups is 1. The third-order valence-electron chi connectivity index (χ3n) is 3.03. The van der Waals surface area contributed by atoms with E-state index in [1.807, 2.05) is 0 Å². The molecular formula is C16H15F2NO4. The van der Waals surface area contributed by atoms with E-state index < -0.39 is 12.5 Å². The number of nitrogens with one attached hydrogen (secondary N) is 1. The van der Waals surface area contributed by atoms with Gasteiger partial charge < -0.3 is 19.9 Å². The Balaban J connectivity index is 2.25. The number of hydrogen-bond acceptors (Lipinski definition) is 4. The molecule has 2 N–H and O–H groups in total. The molecule has 0 saturated carbocycles. The number of hydrogen-bond donors (Lipinski definition) is 2. The number of ether oxygens (including phenoxy) is 2. The second kappa shape index (κ2) is 6.95. The molecule has 0 radical (unpaired) electrons. The molecule has 23 heavy (non-hydrogen) atoms. The summed E-state index contributed by atoms with van der Waals surface area (Å²) in [5.74, 6) is -0.833. The summed E-state index contributed by atoms with van der Waals surface area (Å²) in [5.41, 5.74) is 1.11. The largest absolute Gasteiger partial charge is 0.507 e. The van der Waals surface area contributed by atoms with Crippen LogP contribution in [-0.2, 0) is 0 Å². The lowest BCUT2D eigenvalue weighted by Gasteiger charge is -2.12. The van der Waals surface area contributed by atoms with Crippen LogP contribution in [-0.4, -0.2) is 24.7 Å². The molecular weight excluding hydrogens is 308 g/mol. The van der Waals surface area contributed by atoms with E-state index in [0.29, 0.717) is 0 Å². The summed E-state index contributed by atoms with van der Waals surface area (Å²) in [6.07, 6.45) is 0. The first kappa shape index (κ1) is 16.5. The molecule has 0 aliphatic rings. The number of phenols is 1. The summed E-state index contributed by atoms with van der Waals surface area (Å²) >= 11 is 0. The van der Waals surface area contributed by atoms with E-state index in [1.165, 1.54) is 37.4 Å². The molecule has 0 atom stereocenters. The van der Waals surface area contributed by atoms with Crippen molar-refractivity contribution in [1.82, 2.24) is 0 Å². The number of rotatable bonds is 5. The van der Waals surface area contributed by atoms with Crippen LogP contribution in [0.5, 0.6) is 17.2 Å². The second-order valence-electron chi connectivity index (χ2n) is 4.72. The van der Waals surface area contributed by atoms with E-state index >= 15 is 0 Å². The van der Waals surface area contributed by atoms with Gasteiger partial charge in [-0.3, -0.25) is 4.79 Å². The fraction of sp³-hybridized carbons (Fsp3) is 0.188. The molecule has 0 aliphatic heterocycles. The Morgan fingerprint density at radius 1 is 1.17 bits per heavy atom. The van der Waals surface area contributed by atoms with Crippen LogP contribution in [0, 0.1) is 6.92 Å². The van der Waals surface area contributed by atoms with Gasteiger partial charge in [-0.2, -0.15) is 8.78 Å². The summed E-state index contributed by atoms with van der Waals surface area (Å²) in [5, 5.41) is 12.2. The molecule has 7 heteroatoms. The van der Waals surface area contributed by atoms with Gasteiger partial charge in [-0.25, -0.2) is 0 Å². The highest BCUT2D eigenvalue weighted by Gasteiger charge is 2.15. The number of alkyl halides is 2. The second-order valence-corrected chi connectivity index (χ2v) is 4.72. The van der Waals surface area contributed by atoms with Crippen LogP contribution in [0.2, 0.25) is 0 Å². The fourth-order valence-electron chi connectivity index (χ4n) is 1.97. The van der Waals surface area contributed by atoms with Gasteiger partial charge in [0, 0.05) is 11.8 Å². The fourth-order valence-corrected chi connectivity index (χ4v) is 1.97. The van der Waals surface area contributed by atoms with Gasteiger partial charge in [-0.15, -0.1) is 0 Å². The van der Waals surface area contributed by atoms with Crippen molar-refractivity contribution in [1.29, 1.82) is 0 Å². The molecule has 0 saturated heterocycles. The first-order valence-corrected chi connectivity index (χ1v) is 6.64. The number of aryl methyl sites for hydroxylation is 1. The molecule has 122 valence electrons. The quantitative estimate of drug-likeness (QED) is 0.883. The average Bonchev–Trinajstić information content (AvgIpc) is 2.49. The molecule has 2 aromatic rings. The van der Waals surface area contributed by atoms with E-state index in [4.69, 9.17) is 4.74 Å². The van der Waals surface area contributed by atoms with Gasteiger partial charge in [0.2, 0.25) is 0 Å². The molecule has 0 bridgehead atoms. The van der Waals surface area contributed by atoms with Crippen molar-refractivity contribution in [2.24, 2.45) is 0 Å². The van der Waals surface area contributed by atoms with Crippen molar-refractivity contribution >= 4 is 11.6 Å². The summed E-state index contributed by atoms with van der Waals surface area (Å²) < 4.78 is 34.1. The molecule has 0 heterocycles. The Morgan fingerprint density at radius 2 is 1.91 bits per heavy atom. The van der Waals surface area contributed by atoms with Gasteiger partial charge in [0.15, 0.2) is 11.5 Å². The van der Waals surface area contributed by atoms with E-state index in [0.717, 1.165) is 5.56 Å². The molecule has 5 nitrogen and oxygen atoms in total. The zero-order chi connectivity index (χ0) is 17.0. The maximum atomic E-state index is 12.4. The van der Waals surface area contributed by atoms with Crippen molar-refractivity contribution in [3.63, 3.8) is 0 Å². The molecule has 2 rings (SSSR count). The molecule has 0 aliphatic carbocycles. The number of anilines is 1. The van der Waals surface area contributed by atoms with E-state index in [2.05, 4.69) is 10.1 Å². The smallest absolute Gasteiger partial charge is 0.387 e. The summed E-state index contributed by atoms with van der Waals surface area (Å²) in [4.78, 5) is 12.2. The Hall–Kier alpha value is -2.83. The summed E-state index contributed by atoms with van der Waals surface area (Å²) in [6.45, 7) is -1.24. The highest BCUT2D eigenvalue weighted by molar-refractivity contribution is 6.06. The number of phenolic OH excluding ortho intramolecular Hbond substituents is 1. The van der Waals surface area contributed by atoms with Crippen molar-refractivity contribution in [3.8, 4) is 17.2 Å². The zero-order valence-corrected chi connectivity index (χ0v) is 12.5. The molecule has 0 unspecified atom stereocenters. The van der Waals surface area contributed by atoms with Crippen molar-refractivity contribution in [3.05, 3.63) is 47.5 Å². The van der Waals surface area contributed by atoms with Gasteiger partial charge in [-0.05, 0) is 31.2 Å². The van der Waals surface area contributed by atoms with Crippen LogP contribution in [0.3, 0.4) is 0 Å². The van der Waals surface area contributed by atoms with Gasteiger partial charge in [0.1, 0.15) is 5.75 Å². The van der Waals surface area contributed by atoms with E-state index in [9.17, 15) is 18.7 Å². The number of methoxy groups -OCH3 is 1. The summed E-state index contributed by atoms with van der Waals surface area (Å²) in [6, 6.07) is 8.67. The van der Waals surface area contributed by atoms with Crippen LogP contribution in [0.1, 0.15) is 15.9 Å². The number of halogens is 2. The van der Waals surface area contributed by atoms with Gasteiger partial charge in [0.25, 0.3) is 5.91 Å². The highest BCUT2D eigenvalue weighted by atomic mass is 19.3. The minimum absolute atomic E-state index is 0.0807. The zero-order valence-electron chi connectivity index (χ0n) is 12.5. The molecule has 0 spiro atoms. The van der Waals surface area contributed by atoms with Gasteiger partial charge in [-0.1, -0.05) is 11.6 Å². The molecule has 0 fully saturated rings. The lowest BCUT2D eigenvalue weighted by molar-refractivity contribution is -0.0511. The van der Waals surface area contributed by atoms with Crippen LogP contribution in [0.4, 0.5) is 14.5 Å². The SMILES string of the molecule is COc1ccc(NC(=O)c2cc(C)ccc2O)cc1OC(F)F. The molecule has 2 aromatic carbocycles. The Labute approximate surface area is 131 Å². The first-order valence-electron chi connectivity index (χ1n) is 6.64. The Morgan fingerprint density at radius 3 is 2.57 bits per heavy atom. The van der Waals surface area contributed by atoms with Crippen molar-refractivity contribution in [2.45, 2.75) is 13.5 Å². The van der Waals surface area contributed by atoms with Gasteiger partial charge in [0.05, 0.1) is 12.7 Å². The predicted molar refractivity (Wildman–Crippen MR) is 80.4 cm³/mol. The Kier molecular flexibility index (Phi) is 5.00. The maximum Gasteiger partial charge on any atom is 0.387 e. The topological polar surface area (TPSA) is 67.8 Å². The van der Waals surface area contributed by atoms with Crippen LogP contribution < -0.4 is 14.8 Å². The summed E-state index contributed by atoms with van der Waals surface area (Å²) in [7, 11) is 1.32. The minimum Gasteiger partial charge on any atom is -0.507 e. The Bertz CT molecular complexity index is 719. The van der Waals surface area contributed by atoms with Crippen LogP contribution in [0.15, 0.2) is 36.4 Å². The van der Waals surface area contributed by atoms with Crippen molar-refractivity contribution in [2.75, 3.05) is 12.4 Å². The number of benzene rings is 2. The number of carbonyl (C=O) groups excluding carboxylic acids is 1. The lowest BCUT2D eigenvalue weighted by Crippen LogP contribution is -2.13. The van der Waals surface area contributed by atoms with Crippen LogP contribution >= 0.6 is 0 Å². The normalized spacial score (nSPS) is 10.5. The first-order chi connectivity index (χ1) is 10.9. The third-order valence-corrected chi connectivity index (χ3v) is 3.03. The van der Waals surface area contributed by atoms with Crippen LogP contribution in [0.25, 0.3) is 0 Å². The standard InChI is InChI=1S/C16H15F2NO4/c1-9-3-5-12(20)11(7-9)15(21)19-10-4-6-13(22-2)14(8-10)23-16(17)18/h3-8,16,20H,1-2H3,(H,19,21). The highest BCUT2D eigenvalue weighted by Crippen LogP contribution is 2.32. The average molecular weight is 323 g/mol. The number of carbonyl (C=O) groups is 1. The van der Waals surface area contributed by atoms with Gasteiger partial charge >= 0.3 is 6.61 Å². The predicted octanol–water partition coefficient (Wildman–Crippen LogP) is 3.56. The monoisotopic (exact) mass is 323 g/mol. The van der Waals surface area contributed by atoms with Crippen molar-refractivity contribution < 1.29 is 28.2 Å².